The van der Waals surface area contributed by atoms with Crippen LogP contribution in [0.5, 0.6) is 0 Å². The molecular formula is C10H16INO3. The fourth-order valence-corrected chi connectivity index (χ4v) is 2.24. The predicted molar refractivity (Wildman–Crippen MR) is 64.6 cm³/mol. The second kappa shape index (κ2) is 6.42. The van der Waals surface area contributed by atoms with Crippen molar-refractivity contribution in [3.63, 3.8) is 0 Å². The molecule has 0 bridgehead atoms. The average Bonchev–Trinajstić information content (AvgIpc) is 2.45. The zero-order valence-corrected chi connectivity index (χ0v) is 11.0. The summed E-state index contributed by atoms with van der Waals surface area (Å²) >= 11 is 2.17. The molecule has 1 saturated heterocycles. The third kappa shape index (κ3) is 4.46. The summed E-state index contributed by atoms with van der Waals surface area (Å²) in [5, 5.41) is 2.23. The molecule has 0 aromatic carbocycles. The number of carbonyl (C=O) groups is 2. The topological polar surface area (TPSA) is 55.4 Å². The molecule has 2 atom stereocenters. The predicted octanol–water partition coefficient (Wildman–Crippen LogP) is 1.76. The van der Waals surface area contributed by atoms with Crippen LogP contribution in [0.3, 0.4) is 0 Å². The molecule has 4 nitrogen and oxygen atoms in total. The first-order valence-electron chi connectivity index (χ1n) is 5.26. The van der Waals surface area contributed by atoms with Crippen molar-refractivity contribution >= 4 is 34.4 Å². The van der Waals surface area contributed by atoms with E-state index in [9.17, 15) is 9.59 Å². The lowest BCUT2D eigenvalue weighted by Gasteiger charge is -2.14. The van der Waals surface area contributed by atoms with Gasteiger partial charge in [0.25, 0.3) is 5.91 Å². The third-order valence-corrected chi connectivity index (χ3v) is 3.19. The molecule has 0 aliphatic carbocycles. The monoisotopic (exact) mass is 325 g/mol. The molecule has 2 amide bonds. The van der Waals surface area contributed by atoms with E-state index in [4.69, 9.17) is 4.74 Å². The minimum absolute atomic E-state index is 0.0239. The molecule has 1 fully saturated rings. The van der Waals surface area contributed by atoms with Gasteiger partial charge < -0.3 is 4.74 Å². The van der Waals surface area contributed by atoms with Gasteiger partial charge in [0.15, 0.2) is 0 Å². The van der Waals surface area contributed by atoms with E-state index in [-0.39, 0.29) is 22.3 Å². The smallest absolute Gasteiger partial charge is 0.256 e. The lowest BCUT2D eigenvalue weighted by Crippen LogP contribution is -2.28. The Kier molecular flexibility index (Phi) is 5.52. The van der Waals surface area contributed by atoms with E-state index >= 15 is 0 Å². The van der Waals surface area contributed by atoms with E-state index < -0.39 is 6.10 Å². The van der Waals surface area contributed by atoms with Gasteiger partial charge in [0.1, 0.15) is 10.2 Å². The number of hydrogen-bond acceptors (Lipinski definition) is 3. The standard InChI is InChI=1S/C10H16INO3/c1-2-3-4-5-8(11)15-7-6-9(13)12-10(7)14/h7-8H,2-6H2,1H3,(H,12,13,14). The van der Waals surface area contributed by atoms with E-state index in [0.717, 1.165) is 12.8 Å². The summed E-state index contributed by atoms with van der Waals surface area (Å²) in [7, 11) is 0. The third-order valence-electron chi connectivity index (χ3n) is 2.27. The van der Waals surface area contributed by atoms with Crippen LogP contribution < -0.4 is 5.32 Å². The molecule has 1 aliphatic heterocycles. The summed E-state index contributed by atoms with van der Waals surface area (Å²) in [6.45, 7) is 2.14. The summed E-state index contributed by atoms with van der Waals surface area (Å²) in [6, 6.07) is 0. The summed E-state index contributed by atoms with van der Waals surface area (Å²) in [5.74, 6) is -0.528. The highest BCUT2D eigenvalue weighted by atomic mass is 127. The summed E-state index contributed by atoms with van der Waals surface area (Å²) in [4.78, 5) is 22.1. The molecule has 0 aromatic rings. The van der Waals surface area contributed by atoms with Gasteiger partial charge in [0.2, 0.25) is 5.91 Å². The zero-order chi connectivity index (χ0) is 11.3. The van der Waals surface area contributed by atoms with E-state index in [0.29, 0.717) is 0 Å². The maximum atomic E-state index is 11.2. The van der Waals surface area contributed by atoms with Crippen molar-refractivity contribution in [3.05, 3.63) is 0 Å². The van der Waals surface area contributed by atoms with Crippen LogP contribution in [0.4, 0.5) is 0 Å². The molecule has 15 heavy (non-hydrogen) atoms. The van der Waals surface area contributed by atoms with Crippen molar-refractivity contribution in [1.29, 1.82) is 0 Å². The maximum Gasteiger partial charge on any atom is 0.256 e. The van der Waals surface area contributed by atoms with Crippen LogP contribution in [-0.2, 0) is 14.3 Å². The molecule has 0 radical (unpaired) electrons. The van der Waals surface area contributed by atoms with Gasteiger partial charge in [-0.05, 0) is 6.42 Å². The van der Waals surface area contributed by atoms with Crippen molar-refractivity contribution in [3.8, 4) is 0 Å². The van der Waals surface area contributed by atoms with Gasteiger partial charge in [-0.25, -0.2) is 0 Å². The van der Waals surface area contributed by atoms with Gasteiger partial charge in [-0.3, -0.25) is 14.9 Å². The molecule has 5 heteroatoms. The molecule has 1 N–H and O–H groups in total. The van der Waals surface area contributed by atoms with Gasteiger partial charge >= 0.3 is 0 Å². The Morgan fingerprint density at radius 3 is 2.80 bits per heavy atom. The van der Waals surface area contributed by atoms with Crippen LogP contribution in [-0.4, -0.2) is 22.0 Å². The quantitative estimate of drug-likeness (QED) is 0.350. The highest BCUT2D eigenvalue weighted by molar-refractivity contribution is 14.1. The minimum atomic E-state index is -0.568. The first kappa shape index (κ1) is 12.9. The molecule has 1 rings (SSSR count). The van der Waals surface area contributed by atoms with Crippen LogP contribution in [0.1, 0.15) is 39.0 Å². The second-order valence-corrected chi connectivity index (χ2v) is 5.04. The summed E-state index contributed by atoms with van der Waals surface area (Å²) < 4.78 is 5.52. The van der Waals surface area contributed by atoms with Crippen LogP contribution in [0.15, 0.2) is 0 Å². The summed E-state index contributed by atoms with van der Waals surface area (Å²) in [5.41, 5.74) is 0. The second-order valence-electron chi connectivity index (χ2n) is 3.65. The molecule has 86 valence electrons. The fourth-order valence-electron chi connectivity index (χ4n) is 1.44. The van der Waals surface area contributed by atoms with Crippen molar-refractivity contribution in [2.75, 3.05) is 0 Å². The van der Waals surface area contributed by atoms with Crippen molar-refractivity contribution < 1.29 is 14.3 Å². The Hall–Kier alpha value is -0.170. The Morgan fingerprint density at radius 1 is 1.53 bits per heavy atom. The van der Waals surface area contributed by atoms with E-state index in [1.807, 2.05) is 0 Å². The Labute approximate surface area is 103 Å². The van der Waals surface area contributed by atoms with Crippen LogP contribution in [0.2, 0.25) is 0 Å². The van der Waals surface area contributed by atoms with E-state index in [2.05, 4.69) is 34.8 Å². The number of halogens is 1. The number of carbonyl (C=O) groups excluding carboxylic acids is 2. The number of nitrogens with one attached hydrogen (secondary N) is 1. The van der Waals surface area contributed by atoms with Crippen molar-refractivity contribution in [2.45, 2.75) is 49.2 Å². The van der Waals surface area contributed by atoms with E-state index in [1.54, 1.807) is 0 Å². The molecular weight excluding hydrogens is 309 g/mol. The van der Waals surface area contributed by atoms with Gasteiger partial charge in [-0.2, -0.15) is 0 Å². The number of alkyl halides is 1. The first-order chi connectivity index (χ1) is 7.13. The molecule has 1 heterocycles. The lowest BCUT2D eigenvalue weighted by atomic mass is 10.2. The normalized spacial score (nSPS) is 22.9. The number of unbranched alkanes of at least 4 members (excludes halogenated alkanes) is 2. The number of amides is 2. The molecule has 2 unspecified atom stereocenters. The summed E-state index contributed by atoms with van der Waals surface area (Å²) in [6.07, 6.45) is 4.00. The SMILES string of the molecule is CCCCCC(I)OC1CC(=O)NC1=O. The van der Waals surface area contributed by atoms with Crippen LogP contribution in [0.25, 0.3) is 0 Å². The van der Waals surface area contributed by atoms with Gasteiger partial charge in [-0.15, -0.1) is 0 Å². The fraction of sp³-hybridized carbons (Fsp3) is 0.800. The number of imide groups is 1. The van der Waals surface area contributed by atoms with E-state index in [1.165, 1.54) is 12.8 Å². The molecule has 0 aromatic heterocycles. The van der Waals surface area contributed by atoms with Crippen molar-refractivity contribution in [1.82, 2.24) is 5.32 Å². The maximum absolute atomic E-state index is 11.2. The molecule has 0 spiro atoms. The lowest BCUT2D eigenvalue weighted by molar-refractivity contribution is -0.130. The van der Waals surface area contributed by atoms with Crippen LogP contribution in [0, 0.1) is 0 Å². The van der Waals surface area contributed by atoms with Crippen LogP contribution >= 0.6 is 22.6 Å². The number of hydrogen-bond donors (Lipinski definition) is 1. The highest BCUT2D eigenvalue weighted by Crippen LogP contribution is 2.18. The Balaban J connectivity index is 2.22. The van der Waals surface area contributed by atoms with Gasteiger partial charge in [0, 0.05) is 0 Å². The van der Waals surface area contributed by atoms with Gasteiger partial charge in [-0.1, -0.05) is 48.8 Å². The average molecular weight is 325 g/mol. The van der Waals surface area contributed by atoms with Crippen molar-refractivity contribution in [2.24, 2.45) is 0 Å². The molecule has 1 aliphatic rings. The first-order valence-corrected chi connectivity index (χ1v) is 6.51. The largest absolute Gasteiger partial charge is 0.354 e. The Bertz CT molecular complexity index is 245. The minimum Gasteiger partial charge on any atom is -0.354 e. The highest BCUT2D eigenvalue weighted by Gasteiger charge is 2.32. The molecule has 0 saturated carbocycles. The number of rotatable bonds is 6. The number of ether oxygens (including phenoxy) is 1. The zero-order valence-electron chi connectivity index (χ0n) is 8.79. The Morgan fingerprint density at radius 2 is 2.27 bits per heavy atom. The van der Waals surface area contributed by atoms with Gasteiger partial charge in [0.05, 0.1) is 6.42 Å².